The monoisotopic (exact) mass is 306 g/mol. The predicted octanol–water partition coefficient (Wildman–Crippen LogP) is 5.06. The van der Waals surface area contributed by atoms with Crippen molar-refractivity contribution in [2.45, 2.75) is 78.2 Å². The number of nitrogens with one attached hydrogen (secondary N) is 1. The molecule has 0 aromatic carbocycles. The molecule has 1 N–H and O–H groups in total. The van der Waals surface area contributed by atoms with Crippen molar-refractivity contribution in [1.29, 1.82) is 0 Å². The fourth-order valence-electron chi connectivity index (χ4n) is 4.21. The van der Waals surface area contributed by atoms with Gasteiger partial charge in [-0.15, -0.1) is 11.3 Å². The Morgan fingerprint density at radius 2 is 2.10 bits per heavy atom. The lowest BCUT2D eigenvalue weighted by Crippen LogP contribution is -2.32. The van der Waals surface area contributed by atoms with Crippen LogP contribution in [0.5, 0.6) is 0 Å². The van der Waals surface area contributed by atoms with E-state index in [1.54, 1.807) is 4.88 Å². The van der Waals surface area contributed by atoms with Crippen LogP contribution in [0, 0.1) is 11.3 Å². The van der Waals surface area contributed by atoms with Crippen LogP contribution in [-0.4, -0.2) is 11.5 Å². The Morgan fingerprint density at radius 3 is 2.76 bits per heavy atom. The van der Waals surface area contributed by atoms with Crippen LogP contribution >= 0.6 is 11.3 Å². The number of aromatic nitrogens is 1. The Bertz CT molecular complexity index is 491. The summed E-state index contributed by atoms with van der Waals surface area (Å²) < 4.78 is 0. The highest BCUT2D eigenvalue weighted by Gasteiger charge is 2.36. The average molecular weight is 307 g/mol. The van der Waals surface area contributed by atoms with E-state index in [1.165, 1.54) is 42.8 Å². The average Bonchev–Trinajstić information content (AvgIpc) is 3.03. The van der Waals surface area contributed by atoms with Crippen LogP contribution in [0.3, 0.4) is 0 Å². The normalized spacial score (nSPS) is 31.3. The third-order valence-corrected chi connectivity index (χ3v) is 6.76. The minimum absolute atomic E-state index is 0.382. The molecular formula is C18H30N2S. The molecule has 2 aliphatic rings. The summed E-state index contributed by atoms with van der Waals surface area (Å²) >= 11 is 2.02. The lowest BCUT2D eigenvalue weighted by atomic mass is 9.76. The van der Waals surface area contributed by atoms with Crippen LogP contribution < -0.4 is 5.32 Å². The van der Waals surface area contributed by atoms with Gasteiger partial charge in [0.2, 0.25) is 0 Å². The molecule has 1 heterocycles. The molecule has 0 spiro atoms. The fraction of sp³-hybridized carbons (Fsp3) is 0.833. The van der Waals surface area contributed by atoms with Gasteiger partial charge in [0.15, 0.2) is 0 Å². The molecule has 1 aromatic rings. The number of rotatable bonds is 4. The first-order valence-electron chi connectivity index (χ1n) is 8.75. The van der Waals surface area contributed by atoms with Crippen molar-refractivity contribution in [3.05, 3.63) is 15.6 Å². The van der Waals surface area contributed by atoms with Crippen molar-refractivity contribution >= 4 is 11.3 Å². The standard InChI is InChI=1S/C18H30N2S/c1-5-12-7-8-13(9-12)17-20-15-11-18(3,4)10-14(19-6-2)16(15)21-17/h12-14,19H,5-11H2,1-4H3. The highest BCUT2D eigenvalue weighted by Crippen LogP contribution is 2.47. The molecule has 3 heteroatoms. The second-order valence-electron chi connectivity index (χ2n) is 7.80. The second kappa shape index (κ2) is 6.00. The van der Waals surface area contributed by atoms with Crippen LogP contribution in [0.1, 0.15) is 87.3 Å². The molecule has 2 aliphatic carbocycles. The van der Waals surface area contributed by atoms with Crippen LogP contribution in [0.15, 0.2) is 0 Å². The van der Waals surface area contributed by atoms with Gasteiger partial charge in [-0.3, -0.25) is 0 Å². The van der Waals surface area contributed by atoms with Gasteiger partial charge in [-0.2, -0.15) is 0 Å². The summed E-state index contributed by atoms with van der Waals surface area (Å²) in [5, 5.41) is 5.13. The lowest BCUT2D eigenvalue weighted by molar-refractivity contribution is 0.260. The van der Waals surface area contributed by atoms with Crippen molar-refractivity contribution < 1.29 is 0 Å². The van der Waals surface area contributed by atoms with Crippen molar-refractivity contribution in [2.24, 2.45) is 11.3 Å². The van der Waals surface area contributed by atoms with Gasteiger partial charge < -0.3 is 5.32 Å². The first-order valence-corrected chi connectivity index (χ1v) is 9.57. The molecule has 3 rings (SSSR count). The Hall–Kier alpha value is -0.410. The smallest absolute Gasteiger partial charge is 0.0962 e. The quantitative estimate of drug-likeness (QED) is 0.841. The zero-order chi connectivity index (χ0) is 15.0. The van der Waals surface area contributed by atoms with Gasteiger partial charge in [-0.05, 0) is 50.0 Å². The maximum atomic E-state index is 5.11. The molecule has 0 aliphatic heterocycles. The van der Waals surface area contributed by atoms with Gasteiger partial charge >= 0.3 is 0 Å². The Morgan fingerprint density at radius 1 is 1.29 bits per heavy atom. The Kier molecular flexibility index (Phi) is 4.42. The third kappa shape index (κ3) is 3.19. The molecule has 21 heavy (non-hydrogen) atoms. The van der Waals surface area contributed by atoms with E-state index in [0.717, 1.165) is 24.8 Å². The summed E-state index contributed by atoms with van der Waals surface area (Å²) in [5.74, 6) is 1.69. The van der Waals surface area contributed by atoms with E-state index in [0.29, 0.717) is 11.5 Å². The van der Waals surface area contributed by atoms with Crippen molar-refractivity contribution in [3.8, 4) is 0 Å². The SMILES string of the molecule is CCNC1CC(C)(C)Cc2nc(C3CCC(CC)C3)sc21. The largest absolute Gasteiger partial charge is 0.309 e. The summed E-state index contributed by atoms with van der Waals surface area (Å²) in [5.41, 5.74) is 1.78. The van der Waals surface area contributed by atoms with E-state index in [-0.39, 0.29) is 0 Å². The Balaban J connectivity index is 1.84. The van der Waals surface area contributed by atoms with Crippen LogP contribution in [0.2, 0.25) is 0 Å². The van der Waals surface area contributed by atoms with E-state index in [2.05, 4.69) is 33.0 Å². The maximum absolute atomic E-state index is 5.11. The lowest BCUT2D eigenvalue weighted by Gasteiger charge is -2.34. The highest BCUT2D eigenvalue weighted by molar-refractivity contribution is 7.12. The van der Waals surface area contributed by atoms with Crippen molar-refractivity contribution in [3.63, 3.8) is 0 Å². The summed E-state index contributed by atoms with van der Waals surface area (Å²) in [6.45, 7) is 10.4. The van der Waals surface area contributed by atoms with Gasteiger partial charge in [0.1, 0.15) is 0 Å². The first kappa shape index (κ1) is 15.5. The summed E-state index contributed by atoms with van der Waals surface area (Å²) in [6.07, 6.45) is 7.89. The van der Waals surface area contributed by atoms with E-state index in [4.69, 9.17) is 4.98 Å². The van der Waals surface area contributed by atoms with Crippen LogP contribution in [-0.2, 0) is 6.42 Å². The maximum Gasteiger partial charge on any atom is 0.0962 e. The number of fused-ring (bicyclic) bond motifs is 1. The molecule has 1 fully saturated rings. The molecule has 0 amide bonds. The second-order valence-corrected chi connectivity index (χ2v) is 8.86. The van der Waals surface area contributed by atoms with E-state index in [1.807, 2.05) is 11.3 Å². The summed E-state index contributed by atoms with van der Waals surface area (Å²) in [7, 11) is 0. The molecule has 3 atom stereocenters. The van der Waals surface area contributed by atoms with Crippen LogP contribution in [0.25, 0.3) is 0 Å². The van der Waals surface area contributed by atoms with Gasteiger partial charge in [0, 0.05) is 16.8 Å². The number of hydrogen-bond acceptors (Lipinski definition) is 3. The number of hydrogen-bond donors (Lipinski definition) is 1. The molecule has 0 bridgehead atoms. The molecule has 1 saturated carbocycles. The van der Waals surface area contributed by atoms with Crippen LogP contribution in [0.4, 0.5) is 0 Å². The van der Waals surface area contributed by atoms with E-state index < -0.39 is 0 Å². The van der Waals surface area contributed by atoms with Gasteiger partial charge in [-0.1, -0.05) is 34.1 Å². The topological polar surface area (TPSA) is 24.9 Å². The molecule has 118 valence electrons. The minimum atomic E-state index is 0.382. The van der Waals surface area contributed by atoms with Crippen molar-refractivity contribution in [2.75, 3.05) is 6.54 Å². The van der Waals surface area contributed by atoms with E-state index in [9.17, 15) is 0 Å². The summed E-state index contributed by atoms with van der Waals surface area (Å²) in [6, 6.07) is 0.531. The molecule has 0 saturated heterocycles. The van der Waals surface area contributed by atoms with Crippen molar-refractivity contribution in [1.82, 2.24) is 10.3 Å². The molecule has 0 radical (unpaired) electrons. The first-order chi connectivity index (χ1) is 10.0. The third-order valence-electron chi connectivity index (χ3n) is 5.38. The summed E-state index contributed by atoms with van der Waals surface area (Å²) in [4.78, 5) is 6.66. The van der Waals surface area contributed by atoms with E-state index >= 15 is 0 Å². The Labute approximate surface area is 133 Å². The minimum Gasteiger partial charge on any atom is -0.309 e. The number of thiazole rings is 1. The molecular weight excluding hydrogens is 276 g/mol. The predicted molar refractivity (Wildman–Crippen MR) is 91.0 cm³/mol. The molecule has 1 aromatic heterocycles. The van der Waals surface area contributed by atoms with Gasteiger partial charge in [-0.25, -0.2) is 4.98 Å². The zero-order valence-electron chi connectivity index (χ0n) is 14.0. The fourth-order valence-corrected chi connectivity index (χ4v) is 5.51. The zero-order valence-corrected chi connectivity index (χ0v) is 14.9. The highest BCUT2D eigenvalue weighted by atomic mass is 32.1. The number of nitrogens with zero attached hydrogens (tertiary/aromatic N) is 1. The van der Waals surface area contributed by atoms with Gasteiger partial charge in [0.25, 0.3) is 0 Å². The molecule has 3 unspecified atom stereocenters. The molecule has 2 nitrogen and oxygen atoms in total. The van der Waals surface area contributed by atoms with Gasteiger partial charge in [0.05, 0.1) is 10.7 Å².